The number of allylic oxidation sites excluding steroid dienone is 1. The molecule has 1 aliphatic heterocycles. The molecule has 0 saturated carbocycles. The van der Waals surface area contributed by atoms with Gasteiger partial charge in [0.15, 0.2) is 5.78 Å². The molecule has 3 rings (SSSR count). The highest BCUT2D eigenvalue weighted by atomic mass is 16.5. The van der Waals surface area contributed by atoms with Gasteiger partial charge in [-0.3, -0.25) is 9.69 Å². The number of hydrogen-bond donors (Lipinski definition) is 1. The average molecular weight is 342 g/mol. The van der Waals surface area contributed by atoms with Crippen molar-refractivity contribution in [1.29, 1.82) is 0 Å². The Bertz CT molecular complexity index is 745. The van der Waals surface area contributed by atoms with Crippen LogP contribution in [0.1, 0.15) is 19.4 Å². The van der Waals surface area contributed by atoms with Crippen LogP contribution in [0.2, 0.25) is 0 Å². The van der Waals surface area contributed by atoms with E-state index < -0.39 is 0 Å². The number of carbonyl (C=O) groups is 1. The van der Waals surface area contributed by atoms with Gasteiger partial charge in [0.2, 0.25) is 0 Å². The molecule has 6 heteroatoms. The molecule has 2 aromatic rings. The molecule has 1 aliphatic rings. The molecular weight excluding hydrogens is 316 g/mol. The van der Waals surface area contributed by atoms with Crippen molar-refractivity contribution in [2.75, 3.05) is 50.8 Å². The monoisotopic (exact) mass is 342 g/mol. The Morgan fingerprint density at radius 2 is 2.16 bits per heavy atom. The van der Waals surface area contributed by atoms with Gasteiger partial charge in [0.1, 0.15) is 5.65 Å². The molecule has 1 saturated heterocycles. The highest BCUT2D eigenvalue weighted by Gasteiger charge is 2.18. The normalized spacial score (nSPS) is 16.2. The minimum Gasteiger partial charge on any atom is -0.380 e. The van der Waals surface area contributed by atoms with Gasteiger partial charge in [0, 0.05) is 56.5 Å². The number of carbonyl (C=O) groups excluding carboxylic acids is 1. The van der Waals surface area contributed by atoms with E-state index in [-0.39, 0.29) is 5.78 Å². The van der Waals surface area contributed by atoms with E-state index in [0.29, 0.717) is 0 Å². The Labute approximate surface area is 148 Å². The van der Waals surface area contributed by atoms with Crippen molar-refractivity contribution in [2.45, 2.75) is 13.8 Å². The number of aromatic nitrogens is 2. The molecule has 25 heavy (non-hydrogen) atoms. The Morgan fingerprint density at radius 3 is 2.88 bits per heavy atom. The Hall–Kier alpha value is -2.18. The second-order valence-electron chi connectivity index (χ2n) is 6.30. The van der Waals surface area contributed by atoms with E-state index in [9.17, 15) is 4.79 Å². The second kappa shape index (κ2) is 8.27. The summed E-state index contributed by atoms with van der Waals surface area (Å²) in [6.07, 6.45) is 7.25. The molecule has 6 nitrogen and oxygen atoms in total. The van der Waals surface area contributed by atoms with Gasteiger partial charge in [-0.25, -0.2) is 4.98 Å². The largest absolute Gasteiger partial charge is 0.380 e. The number of fused-ring (bicyclic) bond motifs is 1. The van der Waals surface area contributed by atoms with E-state index in [2.05, 4.69) is 25.8 Å². The summed E-state index contributed by atoms with van der Waals surface area (Å²) >= 11 is 0. The fraction of sp³-hybridized carbons (Fsp3) is 0.474. The summed E-state index contributed by atoms with van der Waals surface area (Å²) < 4.78 is 5.44. The zero-order valence-electron chi connectivity index (χ0n) is 15.0. The van der Waals surface area contributed by atoms with Crippen LogP contribution in [-0.4, -0.2) is 66.6 Å². The molecule has 2 aromatic heterocycles. The molecule has 3 heterocycles. The highest BCUT2D eigenvalue weighted by molar-refractivity contribution is 5.96. The lowest BCUT2D eigenvalue weighted by molar-refractivity contribution is -0.112. The van der Waals surface area contributed by atoms with Crippen LogP contribution < -0.4 is 4.90 Å². The van der Waals surface area contributed by atoms with E-state index in [1.54, 1.807) is 13.0 Å². The maximum atomic E-state index is 11.2. The highest BCUT2D eigenvalue weighted by Crippen LogP contribution is 2.24. The number of H-pyrrole nitrogens is 1. The van der Waals surface area contributed by atoms with E-state index in [0.717, 1.165) is 68.2 Å². The topological polar surface area (TPSA) is 61.5 Å². The van der Waals surface area contributed by atoms with Crippen LogP contribution in [-0.2, 0) is 9.53 Å². The first-order valence-electron chi connectivity index (χ1n) is 8.88. The van der Waals surface area contributed by atoms with Gasteiger partial charge in [-0.2, -0.15) is 0 Å². The lowest BCUT2D eigenvalue weighted by atomic mass is 10.1. The van der Waals surface area contributed by atoms with Gasteiger partial charge in [0.25, 0.3) is 0 Å². The number of pyridine rings is 1. The van der Waals surface area contributed by atoms with Crippen LogP contribution in [0.5, 0.6) is 0 Å². The number of rotatable bonds is 7. The number of ketones is 1. The fourth-order valence-electron chi connectivity index (χ4n) is 3.10. The molecule has 0 atom stereocenters. The summed E-state index contributed by atoms with van der Waals surface area (Å²) in [5, 5.41) is 1.05. The smallest absolute Gasteiger partial charge is 0.152 e. The van der Waals surface area contributed by atoms with Gasteiger partial charge in [-0.05, 0) is 32.1 Å². The van der Waals surface area contributed by atoms with Gasteiger partial charge < -0.3 is 14.6 Å². The molecule has 0 unspecified atom stereocenters. The van der Waals surface area contributed by atoms with Gasteiger partial charge in [0.05, 0.1) is 18.5 Å². The van der Waals surface area contributed by atoms with Gasteiger partial charge in [-0.1, -0.05) is 0 Å². The predicted molar refractivity (Wildman–Crippen MR) is 101 cm³/mol. The molecule has 1 fully saturated rings. The number of nitrogens with zero attached hydrogens (tertiary/aromatic N) is 3. The van der Waals surface area contributed by atoms with E-state index >= 15 is 0 Å². The Morgan fingerprint density at radius 1 is 1.36 bits per heavy atom. The van der Waals surface area contributed by atoms with Crippen molar-refractivity contribution in [3.8, 4) is 0 Å². The standard InChI is InChI=1S/C19H26N4O2/c1-3-25-11-10-22-6-8-23(9-7-22)17-12-18-16(5-4-15(2)24)13-20-19(18)21-14-17/h4-5,12-14H,3,6-11H2,1-2H3,(H,20,21)/b5-4+. The van der Waals surface area contributed by atoms with Crippen LogP contribution in [0.3, 0.4) is 0 Å². The molecular formula is C19H26N4O2. The third-order valence-electron chi connectivity index (χ3n) is 4.54. The van der Waals surface area contributed by atoms with Crippen molar-refractivity contribution < 1.29 is 9.53 Å². The maximum Gasteiger partial charge on any atom is 0.152 e. The molecule has 1 N–H and O–H groups in total. The maximum absolute atomic E-state index is 11.2. The van der Waals surface area contributed by atoms with E-state index in [1.165, 1.54) is 0 Å². The van der Waals surface area contributed by atoms with Crippen LogP contribution in [0, 0.1) is 0 Å². The van der Waals surface area contributed by atoms with Crippen molar-refractivity contribution in [3.63, 3.8) is 0 Å². The van der Waals surface area contributed by atoms with Crippen LogP contribution in [0.15, 0.2) is 24.5 Å². The van der Waals surface area contributed by atoms with E-state index in [1.807, 2.05) is 25.4 Å². The minimum absolute atomic E-state index is 0.0432. The third kappa shape index (κ3) is 4.46. The number of nitrogens with one attached hydrogen (secondary N) is 1. The number of hydrogen-bond acceptors (Lipinski definition) is 5. The number of ether oxygens (including phenoxy) is 1. The summed E-state index contributed by atoms with van der Waals surface area (Å²) in [5.41, 5.74) is 2.98. The second-order valence-corrected chi connectivity index (χ2v) is 6.30. The molecule has 0 amide bonds. The SMILES string of the molecule is CCOCCN1CCN(c2cnc3[nH]cc(/C=C/C(C)=O)c3c2)CC1. The Kier molecular flexibility index (Phi) is 5.83. The number of aromatic amines is 1. The van der Waals surface area contributed by atoms with Crippen molar-refractivity contribution in [1.82, 2.24) is 14.9 Å². The van der Waals surface area contributed by atoms with Gasteiger partial charge >= 0.3 is 0 Å². The zero-order valence-corrected chi connectivity index (χ0v) is 15.0. The van der Waals surface area contributed by atoms with Crippen LogP contribution >= 0.6 is 0 Å². The Balaban J connectivity index is 1.68. The lowest BCUT2D eigenvalue weighted by Gasteiger charge is -2.35. The van der Waals surface area contributed by atoms with Crippen LogP contribution in [0.4, 0.5) is 5.69 Å². The van der Waals surface area contributed by atoms with Crippen molar-refractivity contribution in [3.05, 3.63) is 30.1 Å². The first-order chi connectivity index (χ1) is 12.2. The fourth-order valence-corrected chi connectivity index (χ4v) is 3.10. The van der Waals surface area contributed by atoms with Crippen molar-refractivity contribution >= 4 is 28.6 Å². The number of piperazine rings is 1. The summed E-state index contributed by atoms with van der Waals surface area (Å²) in [5.74, 6) is 0.0432. The quantitative estimate of drug-likeness (QED) is 0.618. The molecule has 0 radical (unpaired) electrons. The first-order valence-corrected chi connectivity index (χ1v) is 8.88. The van der Waals surface area contributed by atoms with E-state index in [4.69, 9.17) is 4.74 Å². The molecule has 0 aliphatic carbocycles. The molecule has 0 spiro atoms. The summed E-state index contributed by atoms with van der Waals surface area (Å²) in [6.45, 7) is 10.2. The summed E-state index contributed by atoms with van der Waals surface area (Å²) in [4.78, 5) is 23.7. The predicted octanol–water partition coefficient (Wildman–Crippen LogP) is 2.32. The van der Waals surface area contributed by atoms with Crippen molar-refractivity contribution in [2.24, 2.45) is 0 Å². The lowest BCUT2D eigenvalue weighted by Crippen LogP contribution is -2.47. The minimum atomic E-state index is 0.0432. The molecule has 0 aromatic carbocycles. The molecule has 134 valence electrons. The van der Waals surface area contributed by atoms with Gasteiger partial charge in [-0.15, -0.1) is 0 Å². The molecule has 0 bridgehead atoms. The van der Waals surface area contributed by atoms with Crippen LogP contribution in [0.25, 0.3) is 17.1 Å². The zero-order chi connectivity index (χ0) is 17.6. The first kappa shape index (κ1) is 17.6. The summed E-state index contributed by atoms with van der Waals surface area (Å²) in [7, 11) is 0. The number of anilines is 1. The summed E-state index contributed by atoms with van der Waals surface area (Å²) in [6, 6.07) is 2.16. The average Bonchev–Trinajstić information content (AvgIpc) is 3.03. The third-order valence-corrected chi connectivity index (χ3v) is 4.54.